The number of nitro benzene ring substituents is 2. The van der Waals surface area contributed by atoms with E-state index < -0.39 is 21.1 Å². The van der Waals surface area contributed by atoms with Crippen molar-refractivity contribution in [1.29, 1.82) is 0 Å². The summed E-state index contributed by atoms with van der Waals surface area (Å²) in [5.74, 6) is 0.104. The highest BCUT2D eigenvalue weighted by atomic mass is 16.6. The molecule has 134 valence electrons. The monoisotopic (exact) mass is 353 g/mol. The smallest absolute Gasteiger partial charge is 0.320 e. The first kappa shape index (κ1) is 17.9. The first-order valence-corrected chi connectivity index (χ1v) is 6.94. The molecule has 1 aromatic carbocycles. The fourth-order valence-electron chi connectivity index (χ4n) is 1.93. The van der Waals surface area contributed by atoms with Crippen LogP contribution in [0.3, 0.4) is 0 Å². The number of aromatic nitrogens is 2. The first-order chi connectivity index (χ1) is 11.7. The normalized spacial score (nSPS) is 11.0. The molecule has 1 heterocycles. The van der Waals surface area contributed by atoms with Crippen molar-refractivity contribution in [3.8, 4) is 11.8 Å². The molecule has 0 radical (unpaired) electrons. The number of benzene rings is 1. The summed E-state index contributed by atoms with van der Waals surface area (Å²) in [5.41, 5.74) is -1.45. The number of nitro groups is 2. The molecule has 0 atom stereocenters. The topological polar surface area (TPSA) is 156 Å². The van der Waals surface area contributed by atoms with Crippen LogP contribution in [0.15, 0.2) is 22.8 Å². The van der Waals surface area contributed by atoms with Crippen LogP contribution < -0.4 is 14.8 Å². The lowest BCUT2D eigenvalue weighted by molar-refractivity contribution is -0.393. The van der Waals surface area contributed by atoms with Crippen LogP contribution >= 0.6 is 0 Å². The lowest BCUT2D eigenvalue weighted by Gasteiger charge is -2.26. The minimum Gasteiger partial charge on any atom is -0.475 e. The van der Waals surface area contributed by atoms with Gasteiger partial charge in [0, 0.05) is 6.07 Å². The van der Waals surface area contributed by atoms with Gasteiger partial charge >= 0.3 is 11.8 Å². The fraction of sp³-hybridized carbons (Fsp3) is 0.385. The Labute approximate surface area is 141 Å². The summed E-state index contributed by atoms with van der Waals surface area (Å²) in [5, 5.41) is 31.9. The van der Waals surface area contributed by atoms with E-state index in [2.05, 4.69) is 20.3 Å². The number of hydrogen-bond acceptors (Lipinski definition) is 10. The average molecular weight is 353 g/mol. The van der Waals surface area contributed by atoms with Gasteiger partial charge in [-0.2, -0.15) is 0 Å². The molecule has 12 heteroatoms. The van der Waals surface area contributed by atoms with Crippen LogP contribution in [-0.4, -0.2) is 39.4 Å². The highest BCUT2D eigenvalue weighted by Crippen LogP contribution is 2.31. The van der Waals surface area contributed by atoms with E-state index in [1.54, 1.807) is 13.8 Å². The standard InChI is InChI=1S/C13H15N5O7/c1-13(2,7-24-12-11(23-3)15-25-16-12)14-9-5-4-8(17(19)20)6-10(9)18(21)22/h4-6,14H,7H2,1-3H3. The van der Waals surface area contributed by atoms with E-state index in [1.807, 2.05) is 0 Å². The van der Waals surface area contributed by atoms with E-state index in [4.69, 9.17) is 9.47 Å². The lowest BCUT2D eigenvalue weighted by Crippen LogP contribution is -2.38. The number of nitrogens with zero attached hydrogens (tertiary/aromatic N) is 4. The third kappa shape index (κ3) is 4.31. The maximum atomic E-state index is 11.2. The summed E-state index contributed by atoms with van der Waals surface area (Å²) in [4.78, 5) is 20.6. The summed E-state index contributed by atoms with van der Waals surface area (Å²) >= 11 is 0. The molecule has 1 N–H and O–H groups in total. The fourth-order valence-corrected chi connectivity index (χ4v) is 1.93. The van der Waals surface area contributed by atoms with Gasteiger partial charge in [0.15, 0.2) is 0 Å². The van der Waals surface area contributed by atoms with Gasteiger partial charge in [-0.1, -0.05) is 0 Å². The van der Waals surface area contributed by atoms with Crippen molar-refractivity contribution in [2.75, 3.05) is 19.0 Å². The quantitative estimate of drug-likeness (QED) is 0.551. The molecule has 25 heavy (non-hydrogen) atoms. The van der Waals surface area contributed by atoms with Crippen LogP contribution in [0.1, 0.15) is 13.8 Å². The maximum absolute atomic E-state index is 11.2. The molecule has 0 amide bonds. The van der Waals surface area contributed by atoms with Gasteiger partial charge in [-0.15, -0.1) is 0 Å². The summed E-state index contributed by atoms with van der Waals surface area (Å²) < 4.78 is 14.8. The van der Waals surface area contributed by atoms with E-state index in [0.717, 1.165) is 6.07 Å². The molecule has 2 rings (SSSR count). The number of nitrogens with one attached hydrogen (secondary N) is 1. The Kier molecular flexibility index (Phi) is 5.00. The Bertz CT molecular complexity index is 789. The summed E-state index contributed by atoms with van der Waals surface area (Å²) in [7, 11) is 1.37. The third-order valence-electron chi connectivity index (χ3n) is 3.06. The molecule has 0 bridgehead atoms. The molecule has 12 nitrogen and oxygen atoms in total. The molecule has 0 saturated heterocycles. The zero-order chi connectivity index (χ0) is 18.6. The summed E-state index contributed by atoms with van der Waals surface area (Å²) in [6.07, 6.45) is 0. The zero-order valence-electron chi connectivity index (χ0n) is 13.6. The van der Waals surface area contributed by atoms with E-state index in [9.17, 15) is 20.2 Å². The Hall–Kier alpha value is -3.44. The third-order valence-corrected chi connectivity index (χ3v) is 3.06. The second kappa shape index (κ2) is 6.98. The molecule has 0 unspecified atom stereocenters. The van der Waals surface area contributed by atoms with E-state index >= 15 is 0 Å². The zero-order valence-corrected chi connectivity index (χ0v) is 13.6. The van der Waals surface area contributed by atoms with Gasteiger partial charge in [-0.3, -0.25) is 20.2 Å². The van der Waals surface area contributed by atoms with Crippen LogP contribution in [0.2, 0.25) is 0 Å². The molecule has 0 fully saturated rings. The van der Waals surface area contributed by atoms with Gasteiger partial charge < -0.3 is 14.8 Å². The Morgan fingerprint density at radius 3 is 2.48 bits per heavy atom. The SMILES string of the molecule is COc1nonc1OCC(C)(C)Nc1ccc([N+](=O)[O-])cc1[N+](=O)[O-]. The molecule has 0 aliphatic heterocycles. The Morgan fingerprint density at radius 2 is 1.88 bits per heavy atom. The number of methoxy groups -OCH3 is 1. The number of rotatable bonds is 8. The van der Waals surface area contributed by atoms with Crippen molar-refractivity contribution >= 4 is 17.1 Å². The van der Waals surface area contributed by atoms with Crippen molar-refractivity contribution in [3.63, 3.8) is 0 Å². The second-order valence-corrected chi connectivity index (χ2v) is 5.59. The predicted octanol–water partition coefficient (Wildman–Crippen LogP) is 2.16. The van der Waals surface area contributed by atoms with Crippen LogP contribution in [0, 0.1) is 20.2 Å². The van der Waals surface area contributed by atoms with E-state index in [0.29, 0.717) is 0 Å². The predicted molar refractivity (Wildman–Crippen MR) is 83.8 cm³/mol. The van der Waals surface area contributed by atoms with Gasteiger partial charge in [-0.25, -0.2) is 4.63 Å². The number of ether oxygens (including phenoxy) is 2. The average Bonchev–Trinajstić information content (AvgIpc) is 3.00. The lowest BCUT2D eigenvalue weighted by atomic mass is 10.1. The molecule has 0 spiro atoms. The summed E-state index contributed by atoms with van der Waals surface area (Å²) in [6.45, 7) is 3.47. The van der Waals surface area contributed by atoms with Crippen molar-refractivity contribution in [1.82, 2.24) is 10.3 Å². The molecule has 0 aliphatic carbocycles. The van der Waals surface area contributed by atoms with Gasteiger partial charge in [0.25, 0.3) is 11.4 Å². The number of non-ortho nitro benzene ring substituents is 1. The van der Waals surface area contributed by atoms with Gasteiger partial charge in [0.05, 0.1) is 28.6 Å². The van der Waals surface area contributed by atoms with Gasteiger partial charge in [-0.05, 0) is 30.2 Å². The Balaban J connectivity index is 2.16. The van der Waals surface area contributed by atoms with E-state index in [1.165, 1.54) is 19.2 Å². The summed E-state index contributed by atoms with van der Waals surface area (Å²) in [6, 6.07) is 3.34. The maximum Gasteiger partial charge on any atom is 0.320 e. The molecule has 0 saturated carbocycles. The molecular formula is C13H15N5O7. The number of anilines is 1. The van der Waals surface area contributed by atoms with Gasteiger partial charge in [0.2, 0.25) is 0 Å². The first-order valence-electron chi connectivity index (χ1n) is 6.94. The highest BCUT2D eigenvalue weighted by molar-refractivity contribution is 5.66. The van der Waals surface area contributed by atoms with Crippen LogP contribution in [0.5, 0.6) is 11.8 Å². The van der Waals surface area contributed by atoms with Crippen LogP contribution in [0.25, 0.3) is 0 Å². The van der Waals surface area contributed by atoms with E-state index in [-0.39, 0.29) is 29.7 Å². The number of hydrogen-bond donors (Lipinski definition) is 1. The Morgan fingerprint density at radius 1 is 1.20 bits per heavy atom. The highest BCUT2D eigenvalue weighted by Gasteiger charge is 2.26. The van der Waals surface area contributed by atoms with Crippen molar-refractivity contribution in [2.24, 2.45) is 0 Å². The second-order valence-electron chi connectivity index (χ2n) is 5.59. The van der Waals surface area contributed by atoms with Crippen molar-refractivity contribution in [3.05, 3.63) is 38.4 Å². The van der Waals surface area contributed by atoms with Crippen LogP contribution in [-0.2, 0) is 0 Å². The molecular weight excluding hydrogens is 338 g/mol. The van der Waals surface area contributed by atoms with Crippen molar-refractivity contribution in [2.45, 2.75) is 19.4 Å². The van der Waals surface area contributed by atoms with Crippen LogP contribution in [0.4, 0.5) is 17.1 Å². The molecule has 0 aliphatic rings. The molecule has 1 aromatic heterocycles. The molecule has 2 aromatic rings. The van der Waals surface area contributed by atoms with Gasteiger partial charge in [0.1, 0.15) is 12.3 Å². The minimum absolute atomic E-state index is 0.0334. The largest absolute Gasteiger partial charge is 0.475 e. The van der Waals surface area contributed by atoms with Crippen molar-refractivity contribution < 1.29 is 23.9 Å². The minimum atomic E-state index is -0.787.